The molecule has 6 nitrogen and oxygen atoms in total. The van der Waals surface area contributed by atoms with Crippen molar-refractivity contribution in [3.05, 3.63) is 24.3 Å². The topological polar surface area (TPSA) is 48.4 Å². The van der Waals surface area contributed by atoms with Gasteiger partial charge in [0, 0.05) is 13.5 Å². The van der Waals surface area contributed by atoms with E-state index in [1.165, 1.54) is 12.3 Å². The summed E-state index contributed by atoms with van der Waals surface area (Å²) in [5, 5.41) is 5.82. The van der Waals surface area contributed by atoms with Gasteiger partial charge in [-0.05, 0) is 18.6 Å². The van der Waals surface area contributed by atoms with Gasteiger partial charge in [-0.2, -0.15) is 0 Å². The molecule has 1 aromatic rings. The molecule has 0 fully saturated rings. The van der Waals surface area contributed by atoms with Crippen molar-refractivity contribution in [1.29, 1.82) is 0 Å². The summed E-state index contributed by atoms with van der Waals surface area (Å²) in [5.41, 5.74) is 1.89. The number of amidine groups is 1. The first-order valence-electron chi connectivity index (χ1n) is 6.75. The van der Waals surface area contributed by atoms with Crippen LogP contribution in [0.3, 0.4) is 0 Å². The van der Waals surface area contributed by atoms with E-state index in [4.69, 9.17) is 4.84 Å². The average molecular weight is 274 g/mol. The van der Waals surface area contributed by atoms with Crippen molar-refractivity contribution in [1.82, 2.24) is 5.17 Å². The maximum absolute atomic E-state index is 12.6. The van der Waals surface area contributed by atoms with E-state index in [2.05, 4.69) is 12.0 Å². The summed E-state index contributed by atoms with van der Waals surface area (Å²) >= 11 is 0. The summed E-state index contributed by atoms with van der Waals surface area (Å²) in [6.45, 7) is 2.09. The lowest BCUT2D eigenvalue weighted by Gasteiger charge is -2.38. The van der Waals surface area contributed by atoms with Crippen molar-refractivity contribution in [3.8, 4) is 0 Å². The van der Waals surface area contributed by atoms with Crippen LogP contribution in [0.15, 0.2) is 29.4 Å². The Morgan fingerprint density at radius 2 is 2.00 bits per heavy atom. The maximum Gasteiger partial charge on any atom is 0.275 e. The zero-order valence-electron chi connectivity index (χ0n) is 11.9. The van der Waals surface area contributed by atoms with Crippen LogP contribution in [0.2, 0.25) is 0 Å². The van der Waals surface area contributed by atoms with Crippen LogP contribution in [-0.2, 0) is 9.63 Å². The van der Waals surface area contributed by atoms with E-state index in [0.717, 1.165) is 30.1 Å². The molecular formula is C14H18N4O2. The predicted octanol–water partition coefficient (Wildman–Crippen LogP) is 1.79. The Bertz CT molecular complexity index is 572. The standard InChI is InChI=1S/C14H18N4O2/c1-4-7-12-15-18(20-3)13-14(19)16(2)10-8-5-6-9-11(10)17(12)13/h5-6,8-9,13H,4,7H2,1-3H3. The van der Waals surface area contributed by atoms with Gasteiger partial charge in [0.1, 0.15) is 5.84 Å². The van der Waals surface area contributed by atoms with Gasteiger partial charge in [0.25, 0.3) is 5.91 Å². The minimum Gasteiger partial charge on any atom is -0.310 e. The van der Waals surface area contributed by atoms with E-state index in [1.807, 2.05) is 29.2 Å². The molecule has 1 unspecified atom stereocenters. The molecule has 0 radical (unpaired) electrons. The quantitative estimate of drug-likeness (QED) is 0.843. The summed E-state index contributed by atoms with van der Waals surface area (Å²) in [4.78, 5) is 21.5. The van der Waals surface area contributed by atoms with Gasteiger partial charge < -0.3 is 4.90 Å². The van der Waals surface area contributed by atoms with Gasteiger partial charge in [-0.3, -0.25) is 14.5 Å². The molecule has 106 valence electrons. The van der Waals surface area contributed by atoms with Crippen molar-refractivity contribution < 1.29 is 9.63 Å². The van der Waals surface area contributed by atoms with Gasteiger partial charge in [-0.15, -0.1) is 10.3 Å². The average Bonchev–Trinajstić information content (AvgIpc) is 2.84. The summed E-state index contributed by atoms with van der Waals surface area (Å²) in [6.07, 6.45) is 1.23. The molecule has 6 heteroatoms. The number of hydrogen-bond donors (Lipinski definition) is 0. The Morgan fingerprint density at radius 1 is 1.30 bits per heavy atom. The molecule has 1 amide bonds. The smallest absolute Gasteiger partial charge is 0.275 e. The number of para-hydroxylation sites is 2. The van der Waals surface area contributed by atoms with Crippen LogP contribution < -0.4 is 9.80 Å². The van der Waals surface area contributed by atoms with Crippen LogP contribution in [0.4, 0.5) is 11.4 Å². The highest BCUT2D eigenvalue weighted by molar-refractivity contribution is 6.15. The summed E-state index contributed by atoms with van der Waals surface area (Å²) < 4.78 is 0. The van der Waals surface area contributed by atoms with Gasteiger partial charge in [-0.1, -0.05) is 19.1 Å². The number of anilines is 2. The molecule has 1 aromatic carbocycles. The van der Waals surface area contributed by atoms with E-state index in [0.29, 0.717) is 0 Å². The number of carbonyl (C=O) groups is 1. The number of rotatable bonds is 3. The number of nitrogens with zero attached hydrogens (tertiary/aromatic N) is 4. The highest BCUT2D eigenvalue weighted by Crippen LogP contribution is 2.39. The lowest BCUT2D eigenvalue weighted by molar-refractivity contribution is -0.164. The van der Waals surface area contributed by atoms with E-state index < -0.39 is 6.17 Å². The Balaban J connectivity index is 2.12. The first-order valence-corrected chi connectivity index (χ1v) is 6.75. The Hall–Kier alpha value is -2.08. The second kappa shape index (κ2) is 4.79. The number of likely N-dealkylation sites (N-methyl/N-ethyl adjacent to an activating group) is 1. The van der Waals surface area contributed by atoms with E-state index in [1.54, 1.807) is 11.9 Å². The van der Waals surface area contributed by atoms with Gasteiger partial charge in [0.15, 0.2) is 0 Å². The molecular weight excluding hydrogens is 256 g/mol. The minimum atomic E-state index is -0.540. The van der Waals surface area contributed by atoms with Crippen molar-refractivity contribution in [2.75, 3.05) is 24.0 Å². The zero-order valence-corrected chi connectivity index (χ0v) is 11.9. The van der Waals surface area contributed by atoms with Crippen LogP contribution in [0.25, 0.3) is 0 Å². The number of benzene rings is 1. The van der Waals surface area contributed by atoms with Gasteiger partial charge in [-0.25, -0.2) is 0 Å². The second-order valence-electron chi connectivity index (χ2n) is 4.88. The number of hydroxylamine groups is 1. The third-order valence-corrected chi connectivity index (χ3v) is 3.66. The van der Waals surface area contributed by atoms with Crippen molar-refractivity contribution in [2.24, 2.45) is 5.10 Å². The largest absolute Gasteiger partial charge is 0.310 e. The second-order valence-corrected chi connectivity index (χ2v) is 4.88. The van der Waals surface area contributed by atoms with E-state index >= 15 is 0 Å². The van der Waals surface area contributed by atoms with E-state index in [-0.39, 0.29) is 5.91 Å². The van der Waals surface area contributed by atoms with Crippen molar-refractivity contribution in [3.63, 3.8) is 0 Å². The first kappa shape index (κ1) is 12.9. The van der Waals surface area contributed by atoms with Crippen LogP contribution in [0.1, 0.15) is 19.8 Å². The fourth-order valence-electron chi connectivity index (χ4n) is 2.71. The number of hydrogen-bond acceptors (Lipinski definition) is 5. The number of carbonyl (C=O) groups excluding carboxylic acids is 1. The molecule has 0 aromatic heterocycles. The molecule has 0 saturated heterocycles. The summed E-state index contributed by atoms with van der Waals surface area (Å²) in [6, 6.07) is 7.86. The van der Waals surface area contributed by atoms with Crippen molar-refractivity contribution in [2.45, 2.75) is 25.9 Å². The molecule has 0 bridgehead atoms. The Labute approximate surface area is 118 Å². The maximum atomic E-state index is 12.6. The monoisotopic (exact) mass is 274 g/mol. The molecule has 3 rings (SSSR count). The minimum absolute atomic E-state index is 0.0413. The highest BCUT2D eigenvalue weighted by atomic mass is 16.7. The lowest BCUT2D eigenvalue weighted by Crippen LogP contribution is -2.56. The number of hydrazone groups is 1. The van der Waals surface area contributed by atoms with Crippen molar-refractivity contribution >= 4 is 23.1 Å². The Morgan fingerprint density at radius 3 is 2.65 bits per heavy atom. The fraction of sp³-hybridized carbons (Fsp3) is 0.429. The van der Waals surface area contributed by atoms with E-state index in [9.17, 15) is 4.79 Å². The summed E-state index contributed by atoms with van der Waals surface area (Å²) in [5.74, 6) is 0.827. The molecule has 2 aliphatic heterocycles. The lowest BCUT2D eigenvalue weighted by atomic mass is 10.1. The first-order chi connectivity index (χ1) is 9.69. The van der Waals surface area contributed by atoms with Gasteiger partial charge >= 0.3 is 0 Å². The van der Waals surface area contributed by atoms with Crippen LogP contribution in [-0.4, -0.2) is 37.2 Å². The zero-order chi connectivity index (χ0) is 14.3. The van der Waals surface area contributed by atoms with Crippen LogP contribution in [0, 0.1) is 0 Å². The molecule has 2 heterocycles. The van der Waals surface area contributed by atoms with Crippen LogP contribution >= 0.6 is 0 Å². The highest BCUT2D eigenvalue weighted by Gasteiger charge is 2.46. The van der Waals surface area contributed by atoms with Gasteiger partial charge in [0.2, 0.25) is 6.17 Å². The summed E-state index contributed by atoms with van der Waals surface area (Å²) in [7, 11) is 3.31. The SMILES string of the molecule is CCCC1=NN(OC)C2C(=O)N(C)c3ccccc3N12. The predicted molar refractivity (Wildman–Crippen MR) is 77.3 cm³/mol. The third kappa shape index (κ3) is 1.68. The van der Waals surface area contributed by atoms with Crippen LogP contribution in [0.5, 0.6) is 0 Å². The molecule has 0 spiro atoms. The molecule has 20 heavy (non-hydrogen) atoms. The molecule has 2 aliphatic rings. The Kier molecular flexibility index (Phi) is 3.10. The van der Waals surface area contributed by atoms with Gasteiger partial charge in [0.05, 0.1) is 18.5 Å². The number of fused-ring (bicyclic) bond motifs is 3. The third-order valence-electron chi connectivity index (χ3n) is 3.66. The molecule has 0 N–H and O–H groups in total. The fourth-order valence-corrected chi connectivity index (χ4v) is 2.71. The normalized spacial score (nSPS) is 20.9. The number of amides is 1. The molecule has 1 atom stereocenters. The molecule has 0 aliphatic carbocycles. The molecule has 0 saturated carbocycles.